The maximum atomic E-state index is 10.1. The van der Waals surface area contributed by atoms with Gasteiger partial charge in [-0.25, -0.2) is 0 Å². The van der Waals surface area contributed by atoms with Gasteiger partial charge in [-0.1, -0.05) is 31.2 Å². The number of ether oxygens (including phenoxy) is 1. The maximum Gasteiger partial charge on any atom is 0.0852 e. The Morgan fingerprint density at radius 1 is 1.44 bits per heavy atom. The molecule has 1 aliphatic heterocycles. The largest absolute Gasteiger partial charge is 0.393 e. The van der Waals surface area contributed by atoms with Crippen LogP contribution in [0.5, 0.6) is 0 Å². The zero-order chi connectivity index (χ0) is 12.8. The topological polar surface area (TPSA) is 29.5 Å². The third-order valence-corrected chi connectivity index (χ3v) is 4.31. The Kier molecular flexibility index (Phi) is 5.54. The summed E-state index contributed by atoms with van der Waals surface area (Å²) in [5, 5.41) is 10.1. The molecule has 0 spiro atoms. The second kappa shape index (κ2) is 7.17. The molecular weight excluding hydrogens is 244 g/mol. The van der Waals surface area contributed by atoms with Crippen LogP contribution in [0.25, 0.3) is 0 Å². The van der Waals surface area contributed by atoms with E-state index in [4.69, 9.17) is 4.74 Å². The van der Waals surface area contributed by atoms with Crippen molar-refractivity contribution >= 4 is 11.8 Å². The standard InChI is InChI=1S/C15H22O2S/c1-2-18-10-8-13(16)11-15-14-6-4-3-5-12(14)7-9-17-15/h3-6,13,15-16H,2,7-11H2,1H3. The lowest BCUT2D eigenvalue weighted by Crippen LogP contribution is -2.21. The lowest BCUT2D eigenvalue weighted by molar-refractivity contribution is 0.00391. The van der Waals surface area contributed by atoms with Crippen LogP contribution in [-0.4, -0.2) is 29.3 Å². The van der Waals surface area contributed by atoms with Crippen LogP contribution in [0.1, 0.15) is 37.0 Å². The van der Waals surface area contributed by atoms with E-state index >= 15 is 0 Å². The van der Waals surface area contributed by atoms with Crippen molar-refractivity contribution in [3.8, 4) is 0 Å². The van der Waals surface area contributed by atoms with Crippen molar-refractivity contribution in [1.82, 2.24) is 0 Å². The zero-order valence-corrected chi connectivity index (χ0v) is 11.8. The average Bonchev–Trinajstić information content (AvgIpc) is 2.39. The van der Waals surface area contributed by atoms with Gasteiger partial charge in [0.15, 0.2) is 0 Å². The monoisotopic (exact) mass is 266 g/mol. The van der Waals surface area contributed by atoms with Gasteiger partial charge in [0.25, 0.3) is 0 Å². The predicted octanol–water partition coefficient (Wildman–Crippen LogP) is 3.19. The molecule has 2 nitrogen and oxygen atoms in total. The number of aliphatic hydroxyl groups is 1. The lowest BCUT2D eigenvalue weighted by atomic mass is 9.94. The molecule has 0 fully saturated rings. The second-order valence-corrected chi connectivity index (χ2v) is 6.08. The molecule has 1 aliphatic rings. The van der Waals surface area contributed by atoms with Gasteiger partial charge in [-0.05, 0) is 35.5 Å². The van der Waals surface area contributed by atoms with Crippen molar-refractivity contribution in [2.45, 2.75) is 38.4 Å². The third kappa shape index (κ3) is 3.74. The molecule has 1 heterocycles. The van der Waals surface area contributed by atoms with Gasteiger partial charge >= 0.3 is 0 Å². The first kappa shape index (κ1) is 13.9. The van der Waals surface area contributed by atoms with Gasteiger partial charge < -0.3 is 9.84 Å². The molecule has 2 rings (SSSR count). The van der Waals surface area contributed by atoms with Crippen LogP contribution in [0.3, 0.4) is 0 Å². The minimum Gasteiger partial charge on any atom is -0.393 e. The molecule has 1 aromatic rings. The van der Waals surface area contributed by atoms with Crippen molar-refractivity contribution in [3.05, 3.63) is 35.4 Å². The molecule has 2 atom stereocenters. The summed E-state index contributed by atoms with van der Waals surface area (Å²) < 4.78 is 5.81. The molecule has 1 aromatic carbocycles. The summed E-state index contributed by atoms with van der Waals surface area (Å²) in [6.45, 7) is 2.93. The molecule has 1 N–H and O–H groups in total. The Morgan fingerprint density at radius 2 is 2.28 bits per heavy atom. The van der Waals surface area contributed by atoms with E-state index in [9.17, 15) is 5.11 Å². The summed E-state index contributed by atoms with van der Waals surface area (Å²) in [6.07, 6.45) is 2.41. The maximum absolute atomic E-state index is 10.1. The Bertz CT molecular complexity index is 367. The van der Waals surface area contributed by atoms with E-state index in [1.807, 2.05) is 11.8 Å². The number of aliphatic hydroxyl groups excluding tert-OH is 1. The van der Waals surface area contributed by atoms with Crippen LogP contribution >= 0.6 is 11.8 Å². The van der Waals surface area contributed by atoms with Gasteiger partial charge in [-0.15, -0.1) is 0 Å². The van der Waals surface area contributed by atoms with Crippen LogP contribution in [-0.2, 0) is 11.2 Å². The van der Waals surface area contributed by atoms with E-state index in [-0.39, 0.29) is 12.2 Å². The van der Waals surface area contributed by atoms with Crippen molar-refractivity contribution in [2.75, 3.05) is 18.1 Å². The molecule has 0 saturated heterocycles. The van der Waals surface area contributed by atoms with E-state index in [0.29, 0.717) is 0 Å². The van der Waals surface area contributed by atoms with E-state index in [1.165, 1.54) is 11.1 Å². The molecule has 100 valence electrons. The summed E-state index contributed by atoms with van der Waals surface area (Å²) in [4.78, 5) is 0. The summed E-state index contributed by atoms with van der Waals surface area (Å²) in [6, 6.07) is 8.44. The number of thioether (sulfide) groups is 1. The highest BCUT2D eigenvalue weighted by Gasteiger charge is 2.22. The van der Waals surface area contributed by atoms with E-state index in [1.54, 1.807) is 0 Å². The SMILES string of the molecule is CCSCCC(O)CC1OCCc2ccccc21. The lowest BCUT2D eigenvalue weighted by Gasteiger charge is -2.27. The second-order valence-electron chi connectivity index (χ2n) is 4.68. The van der Waals surface area contributed by atoms with Crippen molar-refractivity contribution in [1.29, 1.82) is 0 Å². The third-order valence-electron chi connectivity index (χ3n) is 3.38. The van der Waals surface area contributed by atoms with E-state index in [2.05, 4.69) is 31.2 Å². The van der Waals surface area contributed by atoms with Gasteiger partial charge in [0.1, 0.15) is 0 Å². The number of fused-ring (bicyclic) bond motifs is 1. The first-order valence-corrected chi connectivity index (χ1v) is 7.92. The fourth-order valence-electron chi connectivity index (χ4n) is 2.40. The minimum atomic E-state index is -0.250. The highest BCUT2D eigenvalue weighted by molar-refractivity contribution is 7.99. The summed E-state index contributed by atoms with van der Waals surface area (Å²) in [5.74, 6) is 2.15. The van der Waals surface area contributed by atoms with Gasteiger partial charge in [-0.3, -0.25) is 0 Å². The summed E-state index contributed by atoms with van der Waals surface area (Å²) in [7, 11) is 0. The fraction of sp³-hybridized carbons (Fsp3) is 0.600. The number of benzene rings is 1. The average molecular weight is 266 g/mol. The van der Waals surface area contributed by atoms with Crippen LogP contribution in [0.2, 0.25) is 0 Å². The Morgan fingerprint density at radius 3 is 3.11 bits per heavy atom. The highest BCUT2D eigenvalue weighted by Crippen LogP contribution is 2.31. The Hall–Kier alpha value is -0.510. The molecule has 0 aromatic heterocycles. The van der Waals surface area contributed by atoms with Crippen LogP contribution in [0, 0.1) is 0 Å². The Labute approximate surface area is 114 Å². The molecule has 0 radical (unpaired) electrons. The Balaban J connectivity index is 1.90. The molecule has 3 heteroatoms. The predicted molar refractivity (Wildman–Crippen MR) is 77.1 cm³/mol. The van der Waals surface area contributed by atoms with Crippen LogP contribution in [0.15, 0.2) is 24.3 Å². The van der Waals surface area contributed by atoms with Crippen LogP contribution < -0.4 is 0 Å². The van der Waals surface area contributed by atoms with Crippen molar-refractivity contribution in [3.63, 3.8) is 0 Å². The smallest absolute Gasteiger partial charge is 0.0852 e. The zero-order valence-electron chi connectivity index (χ0n) is 11.0. The van der Waals surface area contributed by atoms with E-state index < -0.39 is 0 Å². The number of hydrogen-bond donors (Lipinski definition) is 1. The van der Waals surface area contributed by atoms with Crippen LogP contribution in [0.4, 0.5) is 0 Å². The van der Waals surface area contributed by atoms with Crippen molar-refractivity contribution < 1.29 is 9.84 Å². The molecule has 0 amide bonds. The highest BCUT2D eigenvalue weighted by atomic mass is 32.2. The minimum absolute atomic E-state index is 0.0802. The van der Waals surface area contributed by atoms with Crippen molar-refractivity contribution in [2.24, 2.45) is 0 Å². The molecule has 18 heavy (non-hydrogen) atoms. The van der Waals surface area contributed by atoms with E-state index in [0.717, 1.165) is 37.4 Å². The first-order chi connectivity index (χ1) is 8.81. The number of hydrogen-bond acceptors (Lipinski definition) is 3. The first-order valence-electron chi connectivity index (χ1n) is 6.76. The molecule has 0 bridgehead atoms. The number of rotatable bonds is 6. The quantitative estimate of drug-likeness (QED) is 0.802. The normalized spacial score (nSPS) is 20.4. The molecule has 2 unspecified atom stereocenters. The van der Waals surface area contributed by atoms with Gasteiger partial charge in [-0.2, -0.15) is 11.8 Å². The molecule has 0 aliphatic carbocycles. The molecule has 0 saturated carbocycles. The molecular formula is C15H22O2S. The van der Waals surface area contributed by atoms with Gasteiger partial charge in [0.05, 0.1) is 18.8 Å². The summed E-state index contributed by atoms with van der Waals surface area (Å²) in [5.41, 5.74) is 2.65. The fourth-order valence-corrected chi connectivity index (χ4v) is 3.13. The van der Waals surface area contributed by atoms with Gasteiger partial charge in [0, 0.05) is 6.42 Å². The van der Waals surface area contributed by atoms with Gasteiger partial charge in [0.2, 0.25) is 0 Å². The summed E-state index contributed by atoms with van der Waals surface area (Å²) >= 11 is 1.88.